The molecule has 0 saturated carbocycles. The molecule has 2 N–H and O–H groups in total. The van der Waals surface area contributed by atoms with Gasteiger partial charge in [-0.1, -0.05) is 0 Å². The standard InChI is InChI=1S/C6H11O3/c1-3-5(8)6(9)4(2)7/h5-6,8-9H,1,3H2,2H3/q-1. The van der Waals surface area contributed by atoms with Crippen LogP contribution in [0.4, 0.5) is 0 Å². The van der Waals surface area contributed by atoms with Crippen LogP contribution in [0.25, 0.3) is 0 Å². The van der Waals surface area contributed by atoms with Gasteiger partial charge in [0.05, 0.1) is 6.10 Å². The third kappa shape index (κ3) is 2.58. The van der Waals surface area contributed by atoms with Crippen LogP contribution in [-0.2, 0) is 4.79 Å². The van der Waals surface area contributed by atoms with Gasteiger partial charge in [0.25, 0.3) is 0 Å². The molecule has 0 bridgehead atoms. The lowest BCUT2D eigenvalue weighted by molar-refractivity contribution is -0.130. The van der Waals surface area contributed by atoms with E-state index in [1.54, 1.807) is 0 Å². The SMILES string of the molecule is [CH2-]CC(O)C(O)C(C)=O. The molecule has 0 rings (SSSR count). The Morgan fingerprint density at radius 1 is 1.67 bits per heavy atom. The predicted molar refractivity (Wildman–Crippen MR) is 32.7 cm³/mol. The van der Waals surface area contributed by atoms with Crippen molar-refractivity contribution in [3.63, 3.8) is 0 Å². The van der Waals surface area contributed by atoms with Gasteiger partial charge >= 0.3 is 0 Å². The number of hydrogen-bond donors (Lipinski definition) is 2. The number of carbonyl (C=O) groups excluding carboxylic acids is 1. The zero-order valence-electron chi connectivity index (χ0n) is 5.37. The molecular weight excluding hydrogens is 120 g/mol. The average Bonchev–Trinajstić information content (AvgIpc) is 1.84. The molecule has 0 spiro atoms. The Hall–Kier alpha value is -0.410. The maximum absolute atomic E-state index is 10.3. The van der Waals surface area contributed by atoms with Gasteiger partial charge in [0, 0.05) is 0 Å². The van der Waals surface area contributed by atoms with Crippen molar-refractivity contribution in [2.75, 3.05) is 0 Å². The summed E-state index contributed by atoms with van der Waals surface area (Å²) in [5, 5.41) is 17.5. The maximum atomic E-state index is 10.3. The van der Waals surface area contributed by atoms with E-state index in [1.807, 2.05) is 0 Å². The second-order valence-corrected chi connectivity index (χ2v) is 1.91. The lowest BCUT2D eigenvalue weighted by Crippen LogP contribution is -2.31. The molecule has 0 aromatic carbocycles. The summed E-state index contributed by atoms with van der Waals surface area (Å²) < 4.78 is 0. The third-order valence-corrected chi connectivity index (χ3v) is 1.08. The first-order valence-corrected chi connectivity index (χ1v) is 2.75. The van der Waals surface area contributed by atoms with E-state index in [0.717, 1.165) is 0 Å². The predicted octanol–water partition coefficient (Wildman–Crippen LogP) is -0.479. The molecule has 0 aliphatic rings. The molecule has 0 aromatic heterocycles. The summed E-state index contributed by atoms with van der Waals surface area (Å²) in [7, 11) is 0. The molecule has 3 heteroatoms. The fraction of sp³-hybridized carbons (Fsp3) is 0.667. The second-order valence-electron chi connectivity index (χ2n) is 1.91. The Balaban J connectivity index is 3.72. The highest BCUT2D eigenvalue weighted by atomic mass is 16.3. The Labute approximate surface area is 54.3 Å². The van der Waals surface area contributed by atoms with Crippen molar-refractivity contribution in [3.05, 3.63) is 6.92 Å². The topological polar surface area (TPSA) is 57.5 Å². The monoisotopic (exact) mass is 131 g/mol. The van der Waals surface area contributed by atoms with Crippen molar-refractivity contribution in [2.45, 2.75) is 25.6 Å². The van der Waals surface area contributed by atoms with E-state index in [4.69, 9.17) is 10.2 Å². The molecule has 0 heterocycles. The Bertz CT molecular complexity index is 100. The largest absolute Gasteiger partial charge is 0.393 e. The van der Waals surface area contributed by atoms with Gasteiger partial charge in [-0.25, -0.2) is 0 Å². The van der Waals surface area contributed by atoms with E-state index >= 15 is 0 Å². The minimum atomic E-state index is -1.26. The van der Waals surface area contributed by atoms with Gasteiger partial charge in [0.15, 0.2) is 5.78 Å². The number of rotatable bonds is 3. The van der Waals surface area contributed by atoms with Crippen LogP contribution in [0.5, 0.6) is 0 Å². The highest BCUT2D eigenvalue weighted by molar-refractivity contribution is 5.80. The van der Waals surface area contributed by atoms with Crippen LogP contribution in [-0.4, -0.2) is 28.2 Å². The van der Waals surface area contributed by atoms with Crippen LogP contribution >= 0.6 is 0 Å². The van der Waals surface area contributed by atoms with E-state index in [0.29, 0.717) is 0 Å². The molecule has 54 valence electrons. The Morgan fingerprint density at radius 3 is 2.22 bits per heavy atom. The van der Waals surface area contributed by atoms with Gasteiger partial charge in [0.1, 0.15) is 6.10 Å². The van der Waals surface area contributed by atoms with Crippen LogP contribution in [0.3, 0.4) is 0 Å². The van der Waals surface area contributed by atoms with Crippen molar-refractivity contribution >= 4 is 5.78 Å². The molecule has 2 atom stereocenters. The minimum absolute atomic E-state index is 0.154. The van der Waals surface area contributed by atoms with Crippen molar-refractivity contribution in [1.29, 1.82) is 0 Å². The maximum Gasteiger partial charge on any atom is 0.160 e. The highest BCUT2D eigenvalue weighted by Crippen LogP contribution is 1.97. The molecule has 0 aromatic rings. The summed E-state index contributed by atoms with van der Waals surface area (Å²) >= 11 is 0. The first kappa shape index (κ1) is 8.59. The number of hydrogen-bond acceptors (Lipinski definition) is 3. The van der Waals surface area contributed by atoms with Crippen LogP contribution in [0, 0.1) is 6.92 Å². The fourth-order valence-corrected chi connectivity index (χ4v) is 0.429. The average molecular weight is 131 g/mol. The molecule has 0 fully saturated rings. The molecule has 0 radical (unpaired) electrons. The van der Waals surface area contributed by atoms with Crippen molar-refractivity contribution < 1.29 is 15.0 Å². The Kier molecular flexibility index (Phi) is 3.42. The number of Topliss-reactive ketones (excluding diaryl/α,β-unsaturated/α-hetero) is 1. The van der Waals surface area contributed by atoms with Crippen molar-refractivity contribution in [1.82, 2.24) is 0 Å². The number of carbonyl (C=O) groups is 1. The summed E-state index contributed by atoms with van der Waals surface area (Å²) in [5.41, 5.74) is 0. The first-order valence-electron chi connectivity index (χ1n) is 2.75. The number of aliphatic hydroxyl groups excluding tert-OH is 2. The summed E-state index contributed by atoms with van der Waals surface area (Å²) in [6.07, 6.45) is -2.12. The Morgan fingerprint density at radius 2 is 2.11 bits per heavy atom. The first-order chi connectivity index (χ1) is 4.09. The van der Waals surface area contributed by atoms with Gasteiger partial charge in [0.2, 0.25) is 0 Å². The van der Waals surface area contributed by atoms with Crippen LogP contribution in [0.2, 0.25) is 0 Å². The molecule has 0 amide bonds. The minimum Gasteiger partial charge on any atom is -0.393 e. The number of ketones is 1. The smallest absolute Gasteiger partial charge is 0.160 e. The van der Waals surface area contributed by atoms with E-state index < -0.39 is 18.0 Å². The van der Waals surface area contributed by atoms with Gasteiger partial charge < -0.3 is 17.1 Å². The van der Waals surface area contributed by atoms with Crippen LogP contribution in [0.15, 0.2) is 0 Å². The summed E-state index contributed by atoms with van der Waals surface area (Å²) in [6.45, 7) is 4.55. The number of aliphatic hydroxyl groups is 2. The van der Waals surface area contributed by atoms with E-state index in [1.165, 1.54) is 6.92 Å². The molecule has 2 unspecified atom stereocenters. The van der Waals surface area contributed by atoms with Crippen LogP contribution < -0.4 is 0 Å². The third-order valence-electron chi connectivity index (χ3n) is 1.08. The van der Waals surface area contributed by atoms with Gasteiger partial charge in [-0.15, -0.1) is 0 Å². The lowest BCUT2D eigenvalue weighted by Gasteiger charge is -2.14. The quantitative estimate of drug-likeness (QED) is 0.509. The van der Waals surface area contributed by atoms with Crippen molar-refractivity contribution in [2.24, 2.45) is 0 Å². The normalized spacial score (nSPS) is 16.9. The van der Waals surface area contributed by atoms with E-state index in [-0.39, 0.29) is 6.42 Å². The van der Waals surface area contributed by atoms with E-state index in [2.05, 4.69) is 6.92 Å². The fourth-order valence-electron chi connectivity index (χ4n) is 0.429. The molecule has 9 heavy (non-hydrogen) atoms. The molecule has 0 aliphatic heterocycles. The van der Waals surface area contributed by atoms with Gasteiger partial charge in [-0.3, -0.25) is 4.79 Å². The highest BCUT2D eigenvalue weighted by Gasteiger charge is 2.15. The molecule has 3 nitrogen and oxygen atoms in total. The lowest BCUT2D eigenvalue weighted by atomic mass is 10.1. The zero-order chi connectivity index (χ0) is 7.44. The van der Waals surface area contributed by atoms with Gasteiger partial charge in [-0.2, -0.15) is 6.42 Å². The zero-order valence-corrected chi connectivity index (χ0v) is 5.37. The molecule has 0 aliphatic carbocycles. The second kappa shape index (κ2) is 3.58. The van der Waals surface area contributed by atoms with Crippen molar-refractivity contribution in [3.8, 4) is 0 Å². The summed E-state index contributed by atoms with van der Waals surface area (Å²) in [6, 6.07) is 0. The van der Waals surface area contributed by atoms with Gasteiger partial charge in [-0.05, 0) is 6.92 Å². The van der Waals surface area contributed by atoms with E-state index in [9.17, 15) is 4.79 Å². The molecular formula is C6H11O3-. The molecule has 0 saturated heterocycles. The van der Waals surface area contributed by atoms with Crippen LogP contribution in [0.1, 0.15) is 13.3 Å². The summed E-state index contributed by atoms with van der Waals surface area (Å²) in [4.78, 5) is 10.3. The summed E-state index contributed by atoms with van der Waals surface area (Å²) in [5.74, 6) is -0.425.